The second kappa shape index (κ2) is 5.55. The number of nitrogens with one attached hydrogen (secondary N) is 1. The van der Waals surface area contributed by atoms with E-state index in [-0.39, 0.29) is 0 Å². The number of carbonyl (C=O) groups is 1. The number of hydrogen-bond donors (Lipinski definition) is 2. The molecule has 2 rings (SSSR count). The lowest BCUT2D eigenvalue weighted by Gasteiger charge is -2.42. The molecule has 0 amide bonds. The highest BCUT2D eigenvalue weighted by atomic mass is 16.5. The summed E-state index contributed by atoms with van der Waals surface area (Å²) in [7, 11) is 3.87. The molecule has 104 valence electrons. The van der Waals surface area contributed by atoms with Crippen molar-refractivity contribution in [2.75, 3.05) is 27.3 Å². The standard InChI is InChI=1S/C13H24N2O3/c1-14-13(12(16)17)6-3-4-10(8-13)15(2)11-5-7-18-9-11/h10-11,14H,3-9H2,1-2H3,(H,16,17). The molecule has 0 aromatic rings. The number of nitrogens with zero attached hydrogens (tertiary/aromatic N) is 1. The zero-order valence-corrected chi connectivity index (χ0v) is 11.3. The minimum Gasteiger partial charge on any atom is -0.480 e. The molecule has 5 nitrogen and oxygen atoms in total. The SMILES string of the molecule is CNC1(C(=O)O)CCCC(N(C)C2CCOC2)C1. The number of ether oxygens (including phenoxy) is 1. The van der Waals surface area contributed by atoms with Crippen LogP contribution < -0.4 is 5.32 Å². The van der Waals surface area contributed by atoms with Gasteiger partial charge in [0, 0.05) is 18.7 Å². The summed E-state index contributed by atoms with van der Waals surface area (Å²) in [6.45, 7) is 1.62. The highest BCUT2D eigenvalue weighted by molar-refractivity contribution is 5.79. The second-order valence-corrected chi connectivity index (χ2v) is 5.57. The first-order valence-electron chi connectivity index (χ1n) is 6.81. The van der Waals surface area contributed by atoms with Crippen molar-refractivity contribution in [1.29, 1.82) is 0 Å². The molecule has 0 radical (unpaired) electrons. The van der Waals surface area contributed by atoms with Crippen LogP contribution in [0.2, 0.25) is 0 Å². The quantitative estimate of drug-likeness (QED) is 0.775. The van der Waals surface area contributed by atoms with E-state index in [0.29, 0.717) is 18.5 Å². The Kier molecular flexibility index (Phi) is 4.25. The molecule has 0 bridgehead atoms. The highest BCUT2D eigenvalue weighted by Gasteiger charge is 2.43. The number of carboxylic acids is 1. The van der Waals surface area contributed by atoms with E-state index >= 15 is 0 Å². The molecule has 0 aromatic heterocycles. The van der Waals surface area contributed by atoms with Crippen molar-refractivity contribution in [3.8, 4) is 0 Å². The Balaban J connectivity index is 2.03. The van der Waals surface area contributed by atoms with Crippen molar-refractivity contribution in [3.63, 3.8) is 0 Å². The first-order chi connectivity index (χ1) is 8.59. The third-order valence-corrected chi connectivity index (χ3v) is 4.67. The number of hydrogen-bond acceptors (Lipinski definition) is 4. The summed E-state index contributed by atoms with van der Waals surface area (Å²) in [5, 5.41) is 12.5. The molecule has 1 heterocycles. The lowest BCUT2D eigenvalue weighted by molar-refractivity contribution is -0.147. The maximum Gasteiger partial charge on any atom is 0.323 e. The normalized spacial score (nSPS) is 37.1. The minimum atomic E-state index is -0.739. The fourth-order valence-corrected chi connectivity index (χ4v) is 3.26. The van der Waals surface area contributed by atoms with Crippen molar-refractivity contribution >= 4 is 5.97 Å². The Morgan fingerprint density at radius 3 is 2.78 bits per heavy atom. The second-order valence-electron chi connectivity index (χ2n) is 5.57. The van der Waals surface area contributed by atoms with Crippen LogP contribution in [-0.2, 0) is 9.53 Å². The first kappa shape index (κ1) is 13.8. The van der Waals surface area contributed by atoms with Gasteiger partial charge in [-0.05, 0) is 46.2 Å². The van der Waals surface area contributed by atoms with Crippen molar-refractivity contribution in [1.82, 2.24) is 10.2 Å². The average Bonchev–Trinajstić information content (AvgIpc) is 2.91. The van der Waals surface area contributed by atoms with E-state index in [1.165, 1.54) is 0 Å². The van der Waals surface area contributed by atoms with Gasteiger partial charge in [-0.15, -0.1) is 0 Å². The van der Waals surface area contributed by atoms with Crippen LogP contribution >= 0.6 is 0 Å². The van der Waals surface area contributed by atoms with Gasteiger partial charge in [-0.1, -0.05) is 0 Å². The molecule has 0 spiro atoms. The molecular formula is C13H24N2O3. The van der Waals surface area contributed by atoms with Gasteiger partial charge >= 0.3 is 5.97 Å². The zero-order chi connectivity index (χ0) is 13.2. The summed E-state index contributed by atoms with van der Waals surface area (Å²) < 4.78 is 5.42. The summed E-state index contributed by atoms with van der Waals surface area (Å²) >= 11 is 0. The number of likely N-dealkylation sites (N-methyl/N-ethyl adjacent to an activating group) is 2. The molecule has 3 atom stereocenters. The van der Waals surface area contributed by atoms with Gasteiger partial charge in [0.05, 0.1) is 6.61 Å². The van der Waals surface area contributed by atoms with Crippen molar-refractivity contribution in [2.45, 2.75) is 49.7 Å². The molecule has 0 aromatic carbocycles. The van der Waals surface area contributed by atoms with E-state index in [9.17, 15) is 9.90 Å². The predicted molar refractivity (Wildman–Crippen MR) is 68.7 cm³/mol. The van der Waals surface area contributed by atoms with Crippen molar-refractivity contribution < 1.29 is 14.6 Å². The monoisotopic (exact) mass is 256 g/mol. The summed E-state index contributed by atoms with van der Waals surface area (Å²) in [5.74, 6) is -0.717. The fourth-order valence-electron chi connectivity index (χ4n) is 3.26. The maximum absolute atomic E-state index is 11.5. The van der Waals surface area contributed by atoms with Crippen LogP contribution in [0.3, 0.4) is 0 Å². The zero-order valence-electron chi connectivity index (χ0n) is 11.3. The molecule has 2 aliphatic rings. The van der Waals surface area contributed by atoms with E-state index in [0.717, 1.165) is 38.9 Å². The van der Waals surface area contributed by atoms with Crippen LogP contribution in [-0.4, -0.2) is 60.9 Å². The van der Waals surface area contributed by atoms with Gasteiger partial charge in [0.1, 0.15) is 5.54 Å². The van der Waals surface area contributed by atoms with Crippen molar-refractivity contribution in [3.05, 3.63) is 0 Å². The number of carboxylic acid groups (broad SMARTS) is 1. The summed E-state index contributed by atoms with van der Waals surface area (Å²) in [6.07, 6.45) is 4.53. The van der Waals surface area contributed by atoms with E-state index < -0.39 is 11.5 Å². The van der Waals surface area contributed by atoms with Gasteiger partial charge in [0.25, 0.3) is 0 Å². The van der Waals surface area contributed by atoms with Crippen LogP contribution in [0.1, 0.15) is 32.1 Å². The third-order valence-electron chi connectivity index (χ3n) is 4.67. The Bertz CT molecular complexity index is 305. The van der Waals surface area contributed by atoms with Crippen LogP contribution in [0, 0.1) is 0 Å². The summed E-state index contributed by atoms with van der Waals surface area (Å²) in [6, 6.07) is 0.797. The largest absolute Gasteiger partial charge is 0.480 e. The number of rotatable bonds is 4. The lowest BCUT2D eigenvalue weighted by Crippen LogP contribution is -2.57. The minimum absolute atomic E-state index is 0.342. The summed E-state index contributed by atoms with van der Waals surface area (Å²) in [4.78, 5) is 13.8. The van der Waals surface area contributed by atoms with Crippen LogP contribution in [0.4, 0.5) is 0 Å². The fraction of sp³-hybridized carbons (Fsp3) is 0.923. The third kappa shape index (κ3) is 2.53. The van der Waals surface area contributed by atoms with Gasteiger partial charge in [0.15, 0.2) is 0 Å². The van der Waals surface area contributed by atoms with Gasteiger partial charge in [0.2, 0.25) is 0 Å². The Hall–Kier alpha value is -0.650. The van der Waals surface area contributed by atoms with E-state index in [1.54, 1.807) is 7.05 Å². The molecule has 1 saturated heterocycles. The van der Waals surface area contributed by atoms with E-state index in [1.807, 2.05) is 0 Å². The molecule has 1 saturated carbocycles. The van der Waals surface area contributed by atoms with Crippen molar-refractivity contribution in [2.24, 2.45) is 0 Å². The molecule has 3 unspecified atom stereocenters. The Morgan fingerprint density at radius 1 is 1.44 bits per heavy atom. The lowest BCUT2D eigenvalue weighted by atomic mass is 9.78. The van der Waals surface area contributed by atoms with E-state index in [4.69, 9.17) is 4.74 Å². The summed E-state index contributed by atoms with van der Waals surface area (Å²) in [5.41, 5.74) is -0.739. The molecule has 2 N–H and O–H groups in total. The maximum atomic E-state index is 11.5. The molecular weight excluding hydrogens is 232 g/mol. The van der Waals surface area contributed by atoms with E-state index in [2.05, 4.69) is 17.3 Å². The Labute approximate surface area is 108 Å². The molecule has 1 aliphatic heterocycles. The molecule has 1 aliphatic carbocycles. The first-order valence-corrected chi connectivity index (χ1v) is 6.81. The van der Waals surface area contributed by atoms with Crippen LogP contribution in [0.25, 0.3) is 0 Å². The smallest absolute Gasteiger partial charge is 0.323 e. The molecule has 5 heteroatoms. The van der Waals surface area contributed by atoms with Gasteiger partial charge in [-0.3, -0.25) is 9.69 Å². The molecule has 2 fully saturated rings. The van der Waals surface area contributed by atoms with Crippen LogP contribution in [0.15, 0.2) is 0 Å². The van der Waals surface area contributed by atoms with Gasteiger partial charge in [-0.2, -0.15) is 0 Å². The van der Waals surface area contributed by atoms with Crippen LogP contribution in [0.5, 0.6) is 0 Å². The number of aliphatic carboxylic acids is 1. The van der Waals surface area contributed by atoms with Gasteiger partial charge in [-0.25, -0.2) is 0 Å². The highest BCUT2D eigenvalue weighted by Crippen LogP contribution is 2.32. The topological polar surface area (TPSA) is 61.8 Å². The predicted octanol–water partition coefficient (Wildman–Crippen LogP) is 0.693. The average molecular weight is 256 g/mol. The Morgan fingerprint density at radius 2 is 2.22 bits per heavy atom. The van der Waals surface area contributed by atoms with Gasteiger partial charge < -0.3 is 15.2 Å². The molecule has 18 heavy (non-hydrogen) atoms.